The van der Waals surface area contributed by atoms with Gasteiger partial charge in [-0.15, -0.1) is 0 Å². The van der Waals surface area contributed by atoms with E-state index in [1.165, 1.54) is 0 Å². The minimum Gasteiger partial charge on any atom is -0.457 e. The average molecular weight is 1060 g/mol. The van der Waals surface area contributed by atoms with E-state index in [0.717, 1.165) is 68.5 Å². The lowest BCUT2D eigenvalue weighted by Crippen LogP contribution is -2.33. The predicted octanol–water partition coefficient (Wildman–Crippen LogP) is 19.5. The molecule has 8 aromatic rings. The summed E-state index contributed by atoms with van der Waals surface area (Å²) in [6.45, 7) is -28.8. The third-order valence-electron chi connectivity index (χ3n) is 15.2. The zero-order chi connectivity index (χ0) is 85.9. The van der Waals surface area contributed by atoms with Crippen LogP contribution in [-0.2, 0) is 33.5 Å². The van der Waals surface area contributed by atoms with E-state index in [1.807, 2.05) is 95.7 Å². The standard InChI is InChI=1S/C75H80N2O/c1-71(2,3)52-36-41-76-68(46-52)70-61-26-15-14-24-58(61)59-33-32-54(47-62(59)70)78-53-22-19-21-49(43-53)63-48-77(69-29-17-16-25-60(63)69)42-18-12-13-23-57-55(50-30-34-64-66(44-50)74(8,9)39-37-72(64,4)5)27-20-28-56(57)51-31-35-65-67(45-51)75(10,11)40-38-73(65,6)7/h14-17,19-22,24-36,41,43-47,63,70H,12-13,18,23,37-40,42H2,1-11H3/i4D3,5D3,6D3,7D3,8D3,9D3,10D3,11D3,30D,34D,35D,37D2,38D2,39D2,40D2,44D,45D. The molecule has 7 aromatic carbocycles. The number of fused-ring (bicyclic) bond motifs is 6. The summed E-state index contributed by atoms with van der Waals surface area (Å²) in [5, 5.41) is 0. The SMILES string of the molecule is [2H]c1cc(-c2cccc(-c3c([2H])c([2H])c4c(c3[2H])C(C([2H])([2H])[2H])(C([2H])([2H])[2H])C([2H])([2H])C([2H])([2H])C4(C([2H])([2H])[2H])C([2H])([2H])[2H])c2CCCCC[N+]2=[C-]C(c3cccc(Oc4ccc5c(c4)C(c4cc(C(C)(C)C)ccn4)c4ccccc4-5)c3)c3ccccc32)c([2H])c2c1C(C([2H])([2H])[2H])(C([2H])([2H])[2H])C([2H])([2H])C([2H])([2H])C2(C([2H])([2H])[2H])C([2H])([2H])[2H]. The van der Waals surface area contributed by atoms with Crippen LogP contribution in [0.25, 0.3) is 33.4 Å². The quantitative estimate of drug-likeness (QED) is 0.0692. The third-order valence-corrected chi connectivity index (χ3v) is 15.2. The van der Waals surface area contributed by atoms with Crippen molar-refractivity contribution in [3.8, 4) is 44.9 Å². The maximum absolute atomic E-state index is 10.2. The van der Waals surface area contributed by atoms with Gasteiger partial charge in [-0.05, 0) is 192 Å². The van der Waals surface area contributed by atoms with Crippen LogP contribution in [-0.4, -0.2) is 22.3 Å². The molecule has 1 aromatic heterocycles. The van der Waals surface area contributed by atoms with E-state index in [9.17, 15) is 17.8 Å². The lowest BCUT2D eigenvalue weighted by molar-refractivity contribution is -0.433. The molecule has 2 unspecified atom stereocenters. The molecule has 0 spiro atoms. The molecule has 3 aliphatic carbocycles. The number of pyridine rings is 1. The number of ether oxygens (including phenoxy) is 1. The second-order valence-electron chi connectivity index (χ2n) is 21.7. The molecule has 1 aliphatic heterocycles. The maximum atomic E-state index is 10.2. The van der Waals surface area contributed by atoms with Gasteiger partial charge >= 0.3 is 0 Å². The topological polar surface area (TPSA) is 25.1 Å². The van der Waals surface area contributed by atoms with Gasteiger partial charge in [0.25, 0.3) is 0 Å². The molecule has 0 fully saturated rings. The van der Waals surface area contributed by atoms with Gasteiger partial charge in [0.1, 0.15) is 18.0 Å². The number of nitrogens with zero attached hydrogens (tertiary/aromatic N) is 2. The molecule has 0 N–H and O–H groups in total. The predicted molar refractivity (Wildman–Crippen MR) is 326 cm³/mol. The van der Waals surface area contributed by atoms with E-state index in [0.29, 0.717) is 17.6 Å². The number of aromatic nitrogens is 1. The Kier molecular flexibility index (Phi) is 6.17. The van der Waals surface area contributed by atoms with Gasteiger partial charge in [0.05, 0.1) is 24.2 Å². The van der Waals surface area contributed by atoms with E-state index >= 15 is 0 Å². The Labute approximate surface area is 518 Å². The first-order chi connectivity index (χ1) is 52.4. The number of hydrogen-bond donors (Lipinski definition) is 0. The van der Waals surface area contributed by atoms with Gasteiger partial charge in [-0.25, -0.2) is 0 Å². The number of unbranched alkanes of at least 4 members (excludes halogenated alkanes) is 2. The summed E-state index contributed by atoms with van der Waals surface area (Å²) in [4.78, 5) is 4.88. The minimum absolute atomic E-state index is 0.111. The highest BCUT2D eigenvalue weighted by atomic mass is 16.5. The Morgan fingerprint density at radius 2 is 1.22 bits per heavy atom. The molecule has 396 valence electrons. The zero-order valence-corrected chi connectivity index (χ0v) is 43.2. The Hall–Kier alpha value is -6.84. The Bertz CT molecular complexity index is 5190. The molecule has 12 rings (SSSR count). The largest absolute Gasteiger partial charge is 0.457 e. The average Bonchev–Trinajstić information content (AvgIpc) is 1.06. The van der Waals surface area contributed by atoms with Crippen molar-refractivity contribution < 1.29 is 60.0 Å². The summed E-state index contributed by atoms with van der Waals surface area (Å²) in [5.41, 5.74) is -20.1. The fraction of sp³-hybridized carbons (Fsp3) is 0.360. The first kappa shape index (κ1) is 24.7. The van der Waals surface area contributed by atoms with Crippen LogP contribution in [0.1, 0.15) is 244 Å². The second-order valence-corrected chi connectivity index (χ2v) is 21.7. The maximum Gasteiger partial charge on any atom is 0.127 e. The molecule has 78 heavy (non-hydrogen) atoms. The normalized spacial score (nSPS) is 29.8. The van der Waals surface area contributed by atoms with Crippen LogP contribution in [0.3, 0.4) is 0 Å². The van der Waals surface area contributed by atoms with Crippen LogP contribution < -0.4 is 4.74 Å². The summed E-state index contributed by atoms with van der Waals surface area (Å²) in [5.74, 6) is 0.421. The first-order valence-corrected chi connectivity index (χ1v) is 26.0. The van der Waals surface area contributed by atoms with Crippen molar-refractivity contribution >= 4 is 11.9 Å². The molecule has 0 saturated heterocycles. The van der Waals surface area contributed by atoms with Gasteiger partial charge < -0.3 is 9.31 Å². The van der Waals surface area contributed by atoms with Crippen molar-refractivity contribution in [2.75, 3.05) is 6.54 Å². The van der Waals surface area contributed by atoms with Gasteiger partial charge in [0.15, 0.2) is 0 Å². The van der Waals surface area contributed by atoms with Crippen molar-refractivity contribution in [2.24, 2.45) is 0 Å². The van der Waals surface area contributed by atoms with Crippen LogP contribution in [0.2, 0.25) is 0 Å². The van der Waals surface area contributed by atoms with E-state index in [1.54, 1.807) is 0 Å². The number of para-hydroxylation sites is 1. The van der Waals surface area contributed by atoms with Crippen LogP contribution in [0.5, 0.6) is 11.5 Å². The van der Waals surface area contributed by atoms with Crippen LogP contribution in [0, 0.1) is 0 Å². The smallest absolute Gasteiger partial charge is 0.127 e. The van der Waals surface area contributed by atoms with Crippen molar-refractivity contribution in [3.05, 3.63) is 225 Å². The summed E-state index contributed by atoms with van der Waals surface area (Å²) in [6, 6.07) is 29.3. The molecule has 0 radical (unpaired) electrons. The highest BCUT2D eigenvalue weighted by molar-refractivity contribution is 5.83. The molecule has 4 aliphatic rings. The monoisotopic (exact) mass is 1060 g/mol. The lowest BCUT2D eigenvalue weighted by atomic mass is 9.62. The summed E-state index contributed by atoms with van der Waals surface area (Å²) in [6.07, 6.45) is -13.6. The van der Waals surface area contributed by atoms with Gasteiger partial charge in [-0.2, -0.15) is 0 Å². The fourth-order valence-corrected chi connectivity index (χ4v) is 11.2. The Morgan fingerprint density at radius 1 is 0.590 bits per heavy atom. The van der Waals surface area contributed by atoms with Gasteiger partial charge in [-0.3, -0.25) is 4.98 Å². The van der Waals surface area contributed by atoms with E-state index in [-0.39, 0.29) is 42.7 Å². The number of hydrogen-bond acceptors (Lipinski definition) is 2. The Morgan fingerprint density at radius 3 is 1.96 bits per heavy atom. The number of rotatable bonds is 12. The highest BCUT2D eigenvalue weighted by Crippen LogP contribution is 2.52. The van der Waals surface area contributed by atoms with E-state index in [2.05, 4.69) is 45.2 Å². The molecule has 3 heteroatoms. The van der Waals surface area contributed by atoms with Crippen molar-refractivity contribution in [2.45, 2.75) is 166 Å². The molecular weight excluding hydrogens is 945 g/mol. The van der Waals surface area contributed by atoms with Gasteiger partial charge in [0.2, 0.25) is 0 Å². The minimum atomic E-state index is -4.75. The van der Waals surface area contributed by atoms with E-state index < -0.39 is 189 Å². The van der Waals surface area contributed by atoms with Crippen molar-refractivity contribution in [1.82, 2.24) is 4.98 Å². The summed E-state index contributed by atoms with van der Waals surface area (Å²) >= 11 is 0. The second kappa shape index (κ2) is 19.5. The first-order valence-electron chi connectivity index (χ1n) is 44.5. The van der Waals surface area contributed by atoms with Crippen LogP contribution in [0.4, 0.5) is 5.69 Å². The Balaban J connectivity index is 1.01. The molecule has 0 amide bonds. The van der Waals surface area contributed by atoms with Crippen molar-refractivity contribution in [1.29, 1.82) is 0 Å². The van der Waals surface area contributed by atoms with Crippen molar-refractivity contribution in [3.63, 3.8) is 0 Å². The highest BCUT2D eigenvalue weighted by Gasteiger charge is 2.39. The molecule has 2 atom stereocenters. The molecule has 2 heterocycles. The summed E-state index contributed by atoms with van der Waals surface area (Å²) in [7, 11) is 0. The van der Waals surface area contributed by atoms with Crippen LogP contribution >= 0.6 is 0 Å². The number of benzene rings is 7. The molecule has 3 nitrogen and oxygen atoms in total. The molecular formula is C75H80N2O. The fourth-order valence-electron chi connectivity index (χ4n) is 11.2. The molecule has 0 bridgehead atoms. The summed E-state index contributed by atoms with van der Waals surface area (Å²) < 4.78 is 347. The zero-order valence-electron chi connectivity index (χ0n) is 80.2. The van der Waals surface area contributed by atoms with Gasteiger partial charge in [-0.1, -0.05) is 202 Å². The van der Waals surface area contributed by atoms with E-state index in [4.69, 9.17) is 42.6 Å². The van der Waals surface area contributed by atoms with Crippen LogP contribution in [0.15, 0.2) is 164 Å². The lowest BCUT2D eigenvalue weighted by Gasteiger charge is -2.42. The van der Waals surface area contributed by atoms with Gasteiger partial charge in [0, 0.05) is 68.6 Å². The molecule has 0 saturated carbocycles. The third kappa shape index (κ3) is 9.47.